The van der Waals surface area contributed by atoms with Gasteiger partial charge in [0.15, 0.2) is 27.1 Å². The van der Waals surface area contributed by atoms with Crippen LogP contribution in [0.15, 0.2) is 57.9 Å². The molecular formula is C21H18N4O4S2. The highest BCUT2D eigenvalue weighted by Crippen LogP contribution is 2.25. The van der Waals surface area contributed by atoms with Crippen LogP contribution in [0.4, 0.5) is 5.13 Å². The molecule has 2 aromatic heterocycles. The number of sulfone groups is 1. The zero-order valence-electron chi connectivity index (χ0n) is 16.9. The van der Waals surface area contributed by atoms with Gasteiger partial charge in [-0.05, 0) is 55.3 Å². The molecule has 1 amide bonds. The van der Waals surface area contributed by atoms with E-state index in [0.717, 1.165) is 28.9 Å². The first-order valence-electron chi connectivity index (χ1n) is 9.20. The molecule has 0 fully saturated rings. The van der Waals surface area contributed by atoms with Crippen LogP contribution in [0.3, 0.4) is 0 Å². The fourth-order valence-electron chi connectivity index (χ4n) is 2.82. The van der Waals surface area contributed by atoms with Gasteiger partial charge in [0.25, 0.3) is 5.91 Å². The third kappa shape index (κ3) is 4.54. The second kappa shape index (κ2) is 8.05. The van der Waals surface area contributed by atoms with Crippen LogP contribution in [0.1, 0.15) is 21.6 Å². The lowest BCUT2D eigenvalue weighted by molar-refractivity contribution is 0.101. The highest BCUT2D eigenvalue weighted by atomic mass is 32.2. The van der Waals surface area contributed by atoms with Crippen molar-refractivity contribution in [3.8, 4) is 22.7 Å². The zero-order chi connectivity index (χ0) is 22.2. The average Bonchev–Trinajstić information content (AvgIpc) is 3.39. The number of hydrogen-bond donors (Lipinski definition) is 1. The smallest absolute Gasteiger partial charge is 0.279 e. The molecule has 8 nitrogen and oxygen atoms in total. The number of amides is 1. The fourth-order valence-corrected chi connectivity index (χ4v) is 4.03. The maximum atomic E-state index is 12.5. The molecule has 0 aliphatic heterocycles. The molecule has 0 aliphatic rings. The molecule has 1 N–H and O–H groups in total. The molecular weight excluding hydrogens is 436 g/mol. The molecule has 2 heterocycles. The van der Waals surface area contributed by atoms with Gasteiger partial charge in [0.05, 0.1) is 4.90 Å². The number of benzene rings is 2. The lowest BCUT2D eigenvalue weighted by Crippen LogP contribution is -2.11. The van der Waals surface area contributed by atoms with E-state index in [0.29, 0.717) is 22.3 Å². The van der Waals surface area contributed by atoms with Crippen LogP contribution in [-0.4, -0.2) is 35.1 Å². The van der Waals surface area contributed by atoms with Gasteiger partial charge >= 0.3 is 0 Å². The number of aryl methyl sites for hydroxylation is 2. The maximum absolute atomic E-state index is 12.5. The fraction of sp³-hybridized carbons (Fsp3) is 0.143. The summed E-state index contributed by atoms with van der Waals surface area (Å²) in [7, 11) is -3.28. The van der Waals surface area contributed by atoms with E-state index in [4.69, 9.17) is 4.52 Å². The van der Waals surface area contributed by atoms with Gasteiger partial charge in [0.2, 0.25) is 5.13 Å². The van der Waals surface area contributed by atoms with E-state index in [1.54, 1.807) is 18.2 Å². The van der Waals surface area contributed by atoms with Crippen molar-refractivity contribution in [1.29, 1.82) is 0 Å². The van der Waals surface area contributed by atoms with Gasteiger partial charge in [-0.3, -0.25) is 10.1 Å². The van der Waals surface area contributed by atoms with Crippen LogP contribution in [0.5, 0.6) is 0 Å². The van der Waals surface area contributed by atoms with E-state index >= 15 is 0 Å². The Morgan fingerprint density at radius 1 is 1.00 bits per heavy atom. The number of anilines is 1. The van der Waals surface area contributed by atoms with Gasteiger partial charge in [-0.25, -0.2) is 8.42 Å². The number of rotatable bonds is 5. The zero-order valence-corrected chi connectivity index (χ0v) is 18.5. The van der Waals surface area contributed by atoms with E-state index < -0.39 is 15.7 Å². The Hall–Kier alpha value is -3.37. The molecule has 0 spiro atoms. The van der Waals surface area contributed by atoms with Crippen molar-refractivity contribution in [1.82, 2.24) is 14.5 Å². The number of nitrogens with zero attached hydrogens (tertiary/aromatic N) is 3. The second-order valence-electron chi connectivity index (χ2n) is 7.05. The summed E-state index contributed by atoms with van der Waals surface area (Å²) in [5.41, 5.74) is 3.89. The normalized spacial score (nSPS) is 11.5. The Bertz CT molecular complexity index is 1370. The van der Waals surface area contributed by atoms with E-state index in [9.17, 15) is 13.2 Å². The number of nitrogens with one attached hydrogen (secondary N) is 1. The van der Waals surface area contributed by atoms with Crippen molar-refractivity contribution >= 4 is 32.4 Å². The second-order valence-corrected chi connectivity index (χ2v) is 9.82. The van der Waals surface area contributed by atoms with Gasteiger partial charge in [0.1, 0.15) is 0 Å². The van der Waals surface area contributed by atoms with Crippen molar-refractivity contribution in [2.45, 2.75) is 18.7 Å². The third-order valence-electron chi connectivity index (χ3n) is 4.72. The maximum Gasteiger partial charge on any atom is 0.279 e. The van der Waals surface area contributed by atoms with Crippen LogP contribution < -0.4 is 5.32 Å². The number of hydrogen-bond acceptors (Lipinski definition) is 8. The predicted octanol–water partition coefficient (Wildman–Crippen LogP) is 4.13. The Morgan fingerprint density at radius 3 is 2.39 bits per heavy atom. The molecule has 158 valence electrons. The minimum Gasteiger partial charge on any atom is -0.355 e. The van der Waals surface area contributed by atoms with Gasteiger partial charge in [-0.1, -0.05) is 17.3 Å². The molecule has 0 saturated heterocycles. The molecule has 2 aromatic carbocycles. The summed E-state index contributed by atoms with van der Waals surface area (Å²) in [6, 6.07) is 13.7. The molecule has 31 heavy (non-hydrogen) atoms. The van der Waals surface area contributed by atoms with Crippen LogP contribution in [0, 0.1) is 13.8 Å². The molecule has 0 aliphatic carbocycles. The van der Waals surface area contributed by atoms with Gasteiger partial charge in [0, 0.05) is 35.0 Å². The molecule has 0 saturated carbocycles. The van der Waals surface area contributed by atoms with Crippen molar-refractivity contribution in [3.05, 3.63) is 65.4 Å². The molecule has 10 heteroatoms. The van der Waals surface area contributed by atoms with Crippen LogP contribution >= 0.6 is 11.5 Å². The van der Waals surface area contributed by atoms with Crippen molar-refractivity contribution < 1.29 is 17.7 Å². The first kappa shape index (κ1) is 20.9. The summed E-state index contributed by atoms with van der Waals surface area (Å²) >= 11 is 1.01. The van der Waals surface area contributed by atoms with Crippen LogP contribution in [0.2, 0.25) is 0 Å². The Balaban J connectivity index is 1.48. The highest BCUT2D eigenvalue weighted by molar-refractivity contribution is 7.90. The first-order chi connectivity index (χ1) is 14.7. The van der Waals surface area contributed by atoms with Gasteiger partial charge in [-0.2, -0.15) is 9.36 Å². The summed E-state index contributed by atoms with van der Waals surface area (Å²) in [6.07, 6.45) is 1.14. The summed E-state index contributed by atoms with van der Waals surface area (Å²) in [5.74, 6) is 0.419. The Labute approximate surface area is 183 Å². The van der Waals surface area contributed by atoms with Crippen LogP contribution in [0.25, 0.3) is 22.7 Å². The molecule has 0 atom stereocenters. The number of carbonyl (C=O) groups excluding carboxylic acids is 1. The summed E-state index contributed by atoms with van der Waals surface area (Å²) < 4.78 is 32.7. The van der Waals surface area contributed by atoms with E-state index in [1.807, 2.05) is 32.0 Å². The minimum atomic E-state index is -3.28. The lowest BCUT2D eigenvalue weighted by atomic mass is 10.0. The van der Waals surface area contributed by atoms with Gasteiger partial charge < -0.3 is 4.52 Å². The van der Waals surface area contributed by atoms with Crippen molar-refractivity contribution in [2.24, 2.45) is 0 Å². The average molecular weight is 455 g/mol. The quantitative estimate of drug-likeness (QED) is 0.482. The molecule has 4 rings (SSSR count). The van der Waals surface area contributed by atoms with E-state index in [2.05, 4.69) is 19.8 Å². The standard InChI is InChI=1S/C21H18N4O4S2/c1-12-4-5-15(10-13(12)2)18-11-17(24-29-18)20(26)23-21-22-19(25-30-21)14-6-8-16(9-7-14)31(3,27)28/h4-11H,1-3H3,(H,22,23,25,26). The third-order valence-corrected chi connectivity index (χ3v) is 6.48. The van der Waals surface area contributed by atoms with Crippen molar-refractivity contribution in [3.63, 3.8) is 0 Å². The predicted molar refractivity (Wildman–Crippen MR) is 118 cm³/mol. The first-order valence-corrected chi connectivity index (χ1v) is 11.9. The van der Waals surface area contributed by atoms with Gasteiger partial charge in [-0.15, -0.1) is 0 Å². The number of aromatic nitrogens is 3. The van der Waals surface area contributed by atoms with E-state index in [1.165, 1.54) is 17.7 Å². The molecule has 0 unspecified atom stereocenters. The number of carbonyl (C=O) groups is 1. The van der Waals surface area contributed by atoms with Crippen LogP contribution in [-0.2, 0) is 9.84 Å². The lowest BCUT2D eigenvalue weighted by Gasteiger charge is -2.01. The Morgan fingerprint density at radius 2 is 1.71 bits per heavy atom. The Kier molecular flexibility index (Phi) is 5.42. The molecule has 0 bridgehead atoms. The summed E-state index contributed by atoms with van der Waals surface area (Å²) in [4.78, 5) is 17.0. The molecule has 0 radical (unpaired) electrons. The monoisotopic (exact) mass is 454 g/mol. The van der Waals surface area contributed by atoms with Crippen molar-refractivity contribution in [2.75, 3.05) is 11.6 Å². The SMILES string of the molecule is Cc1ccc(-c2cc(C(=O)Nc3nc(-c4ccc(S(C)(=O)=O)cc4)ns3)no2)cc1C. The van der Waals surface area contributed by atoms with E-state index in [-0.39, 0.29) is 10.6 Å². The summed E-state index contributed by atoms with van der Waals surface area (Å²) in [5, 5.41) is 6.80. The summed E-state index contributed by atoms with van der Waals surface area (Å²) in [6.45, 7) is 4.03. The topological polar surface area (TPSA) is 115 Å². The molecule has 4 aromatic rings. The minimum absolute atomic E-state index is 0.127. The highest BCUT2D eigenvalue weighted by Gasteiger charge is 2.17. The largest absolute Gasteiger partial charge is 0.355 e.